The number of hydrogen-bond acceptors (Lipinski definition) is 4. The van der Waals surface area contributed by atoms with Gasteiger partial charge in [-0.2, -0.15) is 0 Å². The van der Waals surface area contributed by atoms with Crippen LogP contribution < -0.4 is 14.8 Å². The topological polar surface area (TPSA) is 60.5 Å². The highest BCUT2D eigenvalue weighted by Gasteiger charge is 2.04. The zero-order valence-corrected chi connectivity index (χ0v) is 13.6. The van der Waals surface area contributed by atoms with E-state index in [1.54, 1.807) is 37.6 Å². The number of benzene rings is 1. The highest BCUT2D eigenvalue weighted by molar-refractivity contribution is 5.91. The zero-order valence-electron chi connectivity index (χ0n) is 13.6. The van der Waals surface area contributed by atoms with Crippen molar-refractivity contribution in [2.24, 2.45) is 0 Å². The SMILES string of the molecule is C=CCOc1ccc(/C=C/C(=O)NCc2ccccn2)cc1OC. The Bertz CT molecular complexity index is 712. The third kappa shape index (κ3) is 5.28. The Morgan fingerprint density at radius 3 is 2.88 bits per heavy atom. The molecule has 2 rings (SSSR count). The number of rotatable bonds is 8. The quantitative estimate of drug-likeness (QED) is 0.599. The van der Waals surface area contributed by atoms with E-state index in [1.807, 2.05) is 24.3 Å². The van der Waals surface area contributed by atoms with Crippen LogP contribution in [0.1, 0.15) is 11.3 Å². The number of pyridine rings is 1. The van der Waals surface area contributed by atoms with E-state index in [2.05, 4.69) is 16.9 Å². The molecule has 124 valence electrons. The smallest absolute Gasteiger partial charge is 0.244 e. The van der Waals surface area contributed by atoms with Crippen LogP contribution in [0.4, 0.5) is 0 Å². The summed E-state index contributed by atoms with van der Waals surface area (Å²) in [5, 5.41) is 2.78. The molecule has 1 amide bonds. The molecule has 0 unspecified atom stereocenters. The number of ether oxygens (including phenoxy) is 2. The summed E-state index contributed by atoms with van der Waals surface area (Å²) in [4.78, 5) is 16.0. The number of nitrogens with one attached hydrogen (secondary N) is 1. The summed E-state index contributed by atoms with van der Waals surface area (Å²) >= 11 is 0. The van der Waals surface area contributed by atoms with Gasteiger partial charge in [0.15, 0.2) is 11.5 Å². The normalized spacial score (nSPS) is 10.4. The minimum absolute atomic E-state index is 0.188. The molecule has 0 radical (unpaired) electrons. The molecule has 0 saturated heterocycles. The van der Waals surface area contributed by atoms with E-state index in [0.717, 1.165) is 11.3 Å². The van der Waals surface area contributed by atoms with Crippen molar-refractivity contribution >= 4 is 12.0 Å². The summed E-state index contributed by atoms with van der Waals surface area (Å²) in [5.41, 5.74) is 1.65. The van der Waals surface area contributed by atoms with Crippen molar-refractivity contribution in [3.05, 3.63) is 72.6 Å². The molecule has 0 fully saturated rings. The van der Waals surface area contributed by atoms with Gasteiger partial charge in [-0.15, -0.1) is 0 Å². The fourth-order valence-electron chi connectivity index (χ4n) is 1.97. The van der Waals surface area contributed by atoms with Gasteiger partial charge in [-0.25, -0.2) is 0 Å². The predicted molar refractivity (Wildman–Crippen MR) is 93.8 cm³/mol. The van der Waals surface area contributed by atoms with Gasteiger partial charge in [-0.3, -0.25) is 9.78 Å². The second-order valence-electron chi connectivity index (χ2n) is 4.88. The minimum Gasteiger partial charge on any atom is -0.493 e. The molecule has 1 aromatic carbocycles. The van der Waals surface area contributed by atoms with Crippen LogP contribution in [0.5, 0.6) is 11.5 Å². The lowest BCUT2D eigenvalue weighted by atomic mass is 10.2. The van der Waals surface area contributed by atoms with E-state index in [0.29, 0.717) is 24.7 Å². The Kier molecular flexibility index (Phi) is 6.58. The molecule has 0 aliphatic carbocycles. The molecule has 0 saturated carbocycles. The fraction of sp³-hybridized carbons (Fsp3) is 0.158. The first-order valence-corrected chi connectivity index (χ1v) is 7.50. The summed E-state index contributed by atoms with van der Waals surface area (Å²) in [5.74, 6) is 1.05. The highest BCUT2D eigenvalue weighted by atomic mass is 16.5. The van der Waals surface area contributed by atoms with Gasteiger partial charge >= 0.3 is 0 Å². The van der Waals surface area contributed by atoms with Crippen molar-refractivity contribution in [2.45, 2.75) is 6.54 Å². The second kappa shape index (κ2) is 9.15. The number of aromatic nitrogens is 1. The maximum atomic E-state index is 11.9. The van der Waals surface area contributed by atoms with Crippen molar-refractivity contribution < 1.29 is 14.3 Å². The van der Waals surface area contributed by atoms with Crippen molar-refractivity contribution in [1.82, 2.24) is 10.3 Å². The van der Waals surface area contributed by atoms with Gasteiger partial charge in [0, 0.05) is 12.3 Å². The molecule has 5 nitrogen and oxygen atoms in total. The van der Waals surface area contributed by atoms with Crippen molar-refractivity contribution in [3.8, 4) is 11.5 Å². The lowest BCUT2D eigenvalue weighted by Crippen LogP contribution is -2.20. The van der Waals surface area contributed by atoms with E-state index in [1.165, 1.54) is 6.08 Å². The predicted octanol–water partition coefficient (Wildman–Crippen LogP) is 2.98. The van der Waals surface area contributed by atoms with Crippen LogP contribution in [0.3, 0.4) is 0 Å². The van der Waals surface area contributed by atoms with Crippen molar-refractivity contribution in [2.75, 3.05) is 13.7 Å². The zero-order chi connectivity index (χ0) is 17.2. The van der Waals surface area contributed by atoms with Gasteiger partial charge in [0.25, 0.3) is 0 Å². The van der Waals surface area contributed by atoms with E-state index in [9.17, 15) is 4.79 Å². The molecule has 5 heteroatoms. The summed E-state index contributed by atoms with van der Waals surface area (Å²) < 4.78 is 10.8. The number of amides is 1. The van der Waals surface area contributed by atoms with Crippen LogP contribution in [0.15, 0.2) is 61.3 Å². The number of carbonyl (C=O) groups is 1. The minimum atomic E-state index is -0.188. The summed E-state index contributed by atoms with van der Waals surface area (Å²) in [6.07, 6.45) is 6.55. The van der Waals surface area contributed by atoms with Crippen molar-refractivity contribution in [3.63, 3.8) is 0 Å². The van der Waals surface area contributed by atoms with Gasteiger partial charge < -0.3 is 14.8 Å². The maximum absolute atomic E-state index is 11.9. The number of nitrogens with zero attached hydrogens (tertiary/aromatic N) is 1. The molecule has 2 aromatic rings. The van der Waals surface area contributed by atoms with Crippen LogP contribution in [0.2, 0.25) is 0 Å². The standard InChI is InChI=1S/C19H20N2O3/c1-3-12-24-17-9-7-15(13-18(17)23-2)8-10-19(22)21-14-16-6-4-5-11-20-16/h3-11,13H,1,12,14H2,2H3,(H,21,22)/b10-8+. The number of carbonyl (C=O) groups excluding carboxylic acids is 1. The van der Waals surface area contributed by atoms with E-state index in [-0.39, 0.29) is 5.91 Å². The Morgan fingerprint density at radius 2 is 2.17 bits per heavy atom. The van der Waals surface area contributed by atoms with E-state index in [4.69, 9.17) is 9.47 Å². The lowest BCUT2D eigenvalue weighted by molar-refractivity contribution is -0.116. The third-order valence-electron chi connectivity index (χ3n) is 3.14. The largest absolute Gasteiger partial charge is 0.493 e. The monoisotopic (exact) mass is 324 g/mol. The van der Waals surface area contributed by atoms with E-state index >= 15 is 0 Å². The average Bonchev–Trinajstić information content (AvgIpc) is 2.64. The molecule has 0 spiro atoms. The number of hydrogen-bond donors (Lipinski definition) is 1. The Morgan fingerprint density at radius 1 is 1.29 bits per heavy atom. The first-order chi connectivity index (χ1) is 11.7. The molecular formula is C19H20N2O3. The van der Waals surface area contributed by atoms with Gasteiger partial charge in [-0.1, -0.05) is 24.8 Å². The molecule has 0 aliphatic rings. The van der Waals surface area contributed by atoms with Gasteiger partial charge in [-0.05, 0) is 35.9 Å². The second-order valence-corrected chi connectivity index (χ2v) is 4.88. The summed E-state index contributed by atoms with van der Waals surface area (Å²) in [6.45, 7) is 4.41. The molecule has 0 bridgehead atoms. The summed E-state index contributed by atoms with van der Waals surface area (Å²) in [6, 6.07) is 11.0. The van der Waals surface area contributed by atoms with Gasteiger partial charge in [0.2, 0.25) is 5.91 Å². The fourth-order valence-corrected chi connectivity index (χ4v) is 1.97. The molecular weight excluding hydrogens is 304 g/mol. The average molecular weight is 324 g/mol. The van der Waals surface area contributed by atoms with Crippen LogP contribution in [-0.4, -0.2) is 24.6 Å². The lowest BCUT2D eigenvalue weighted by Gasteiger charge is -2.09. The molecule has 0 aliphatic heterocycles. The van der Waals surface area contributed by atoms with Crippen LogP contribution in [0.25, 0.3) is 6.08 Å². The van der Waals surface area contributed by atoms with Crippen LogP contribution >= 0.6 is 0 Å². The Labute approximate surface area is 141 Å². The Hall–Kier alpha value is -3.08. The molecule has 0 atom stereocenters. The molecule has 24 heavy (non-hydrogen) atoms. The van der Waals surface area contributed by atoms with Gasteiger partial charge in [0.05, 0.1) is 19.3 Å². The first kappa shape index (κ1) is 17.3. The summed E-state index contributed by atoms with van der Waals surface area (Å²) in [7, 11) is 1.57. The molecule has 1 N–H and O–H groups in total. The Balaban J connectivity index is 1.95. The highest BCUT2D eigenvalue weighted by Crippen LogP contribution is 2.28. The molecule has 1 aromatic heterocycles. The first-order valence-electron chi connectivity index (χ1n) is 7.50. The third-order valence-corrected chi connectivity index (χ3v) is 3.14. The van der Waals surface area contributed by atoms with E-state index < -0.39 is 0 Å². The maximum Gasteiger partial charge on any atom is 0.244 e. The molecule has 1 heterocycles. The van der Waals surface area contributed by atoms with Crippen LogP contribution in [-0.2, 0) is 11.3 Å². The van der Waals surface area contributed by atoms with Crippen molar-refractivity contribution in [1.29, 1.82) is 0 Å². The number of methoxy groups -OCH3 is 1. The van der Waals surface area contributed by atoms with Crippen LogP contribution in [0, 0.1) is 0 Å². The van der Waals surface area contributed by atoms with Gasteiger partial charge in [0.1, 0.15) is 6.61 Å².